The van der Waals surface area contributed by atoms with Gasteiger partial charge in [-0.15, -0.1) is 0 Å². The third-order valence-electron chi connectivity index (χ3n) is 4.44. The van der Waals surface area contributed by atoms with Gasteiger partial charge in [-0.05, 0) is 32.8 Å². The summed E-state index contributed by atoms with van der Waals surface area (Å²) in [5.74, 6) is 1.09. The predicted octanol–water partition coefficient (Wildman–Crippen LogP) is 1.93. The van der Waals surface area contributed by atoms with E-state index < -0.39 is 0 Å². The Morgan fingerprint density at radius 3 is 2.68 bits per heavy atom. The Kier molecular flexibility index (Phi) is 4.59. The minimum atomic E-state index is 0.0680. The van der Waals surface area contributed by atoms with Gasteiger partial charge < -0.3 is 20.1 Å². The van der Waals surface area contributed by atoms with E-state index in [4.69, 9.17) is 10.5 Å². The normalized spacial score (nSPS) is 11.2. The van der Waals surface area contributed by atoms with Crippen molar-refractivity contribution in [1.82, 2.24) is 19.5 Å². The number of rotatable bonds is 5. The molecule has 3 N–H and O–H groups in total. The molecule has 0 saturated carbocycles. The number of nitrogens with two attached hydrogens (primary N) is 1. The maximum atomic E-state index is 9.36. The number of anilines is 1. The molecular weight excluding hydrogens is 318 g/mol. The lowest BCUT2D eigenvalue weighted by atomic mass is 10.1. The number of nitrogens with zero attached hydrogens (tertiary/aromatic N) is 4. The van der Waals surface area contributed by atoms with Crippen LogP contribution in [0, 0.1) is 20.8 Å². The van der Waals surface area contributed by atoms with Crippen molar-refractivity contribution < 1.29 is 9.84 Å². The smallest absolute Gasteiger partial charge is 0.222 e. The molecule has 0 aliphatic carbocycles. The van der Waals surface area contributed by atoms with Crippen LogP contribution < -0.4 is 10.5 Å². The van der Waals surface area contributed by atoms with E-state index in [-0.39, 0.29) is 12.6 Å². The zero-order valence-electron chi connectivity index (χ0n) is 15.0. The zero-order valence-corrected chi connectivity index (χ0v) is 15.0. The van der Waals surface area contributed by atoms with Gasteiger partial charge in [-0.25, -0.2) is 4.98 Å². The summed E-state index contributed by atoms with van der Waals surface area (Å²) in [5.41, 5.74) is 11.3. The second-order valence-electron chi connectivity index (χ2n) is 6.17. The molecule has 25 heavy (non-hydrogen) atoms. The van der Waals surface area contributed by atoms with E-state index in [1.807, 2.05) is 37.7 Å². The first kappa shape index (κ1) is 17.2. The fourth-order valence-electron chi connectivity index (χ4n) is 3.30. The van der Waals surface area contributed by atoms with Crippen LogP contribution in [0.3, 0.4) is 0 Å². The van der Waals surface area contributed by atoms with E-state index in [9.17, 15) is 5.11 Å². The number of nitrogen functional groups attached to an aromatic ring is 1. The fourth-order valence-corrected chi connectivity index (χ4v) is 3.30. The third-order valence-corrected chi connectivity index (χ3v) is 4.44. The highest BCUT2D eigenvalue weighted by Crippen LogP contribution is 2.28. The van der Waals surface area contributed by atoms with Gasteiger partial charge >= 0.3 is 0 Å². The predicted molar refractivity (Wildman–Crippen MR) is 96.8 cm³/mol. The van der Waals surface area contributed by atoms with Crippen LogP contribution in [0.25, 0.3) is 11.0 Å². The Morgan fingerprint density at radius 2 is 2.00 bits per heavy atom. The highest BCUT2D eigenvalue weighted by molar-refractivity contribution is 5.83. The number of aliphatic hydroxyl groups excluding tert-OH is 1. The molecular formula is C18H23N5O2. The van der Waals surface area contributed by atoms with Crippen molar-refractivity contribution in [3.8, 4) is 5.75 Å². The van der Waals surface area contributed by atoms with Gasteiger partial charge in [0.25, 0.3) is 0 Å². The SMILES string of the molecule is COc1c(C)cnc(Cn2cc(CCO)c3c(C)nc(N)nc32)c1C. The molecule has 0 atom stereocenters. The van der Waals surface area contributed by atoms with E-state index in [1.54, 1.807) is 7.11 Å². The van der Waals surface area contributed by atoms with Crippen LogP contribution >= 0.6 is 0 Å². The van der Waals surface area contributed by atoms with Crippen LogP contribution in [0.4, 0.5) is 5.95 Å². The molecule has 3 rings (SSSR count). The number of methoxy groups -OCH3 is 1. The quantitative estimate of drug-likeness (QED) is 0.735. The summed E-state index contributed by atoms with van der Waals surface area (Å²) in [5, 5.41) is 10.3. The Hall–Kier alpha value is -2.67. The molecule has 0 aliphatic heterocycles. The largest absolute Gasteiger partial charge is 0.496 e. The van der Waals surface area contributed by atoms with Crippen molar-refractivity contribution in [2.24, 2.45) is 0 Å². The van der Waals surface area contributed by atoms with E-state index in [1.165, 1.54) is 0 Å². The summed E-state index contributed by atoms with van der Waals surface area (Å²) in [6, 6.07) is 0. The van der Waals surface area contributed by atoms with E-state index in [0.717, 1.165) is 44.9 Å². The van der Waals surface area contributed by atoms with Crippen molar-refractivity contribution in [3.63, 3.8) is 0 Å². The van der Waals surface area contributed by atoms with E-state index in [2.05, 4.69) is 15.0 Å². The minimum Gasteiger partial charge on any atom is -0.496 e. The second-order valence-corrected chi connectivity index (χ2v) is 6.17. The molecule has 0 radical (unpaired) electrons. The number of hydrogen-bond donors (Lipinski definition) is 2. The summed E-state index contributed by atoms with van der Waals surface area (Å²) in [6.07, 6.45) is 4.35. The molecule has 3 aromatic rings. The number of aromatic nitrogens is 4. The molecule has 0 bridgehead atoms. The molecule has 7 heteroatoms. The van der Waals surface area contributed by atoms with Crippen LogP contribution in [0.5, 0.6) is 5.75 Å². The average Bonchev–Trinajstić information content (AvgIpc) is 2.89. The lowest BCUT2D eigenvalue weighted by Crippen LogP contribution is -2.07. The molecule has 0 aliphatic rings. The number of aryl methyl sites for hydroxylation is 2. The standard InChI is InChI=1S/C18H23N5O2/c1-10-7-20-14(11(2)16(10)25-4)9-23-8-13(5-6-24)15-12(3)21-18(19)22-17(15)23/h7-8,24H,5-6,9H2,1-4H3,(H2,19,21,22). The molecule has 0 aromatic carbocycles. The van der Waals surface area contributed by atoms with Gasteiger partial charge in [0.15, 0.2) is 0 Å². The molecule has 3 heterocycles. The molecule has 0 fully saturated rings. The second kappa shape index (κ2) is 6.68. The first-order chi connectivity index (χ1) is 12.0. The van der Waals surface area contributed by atoms with Crippen LogP contribution in [0.15, 0.2) is 12.4 Å². The maximum Gasteiger partial charge on any atom is 0.222 e. The number of aliphatic hydroxyl groups is 1. The Labute approximate surface area is 146 Å². The minimum absolute atomic E-state index is 0.0680. The van der Waals surface area contributed by atoms with Crippen molar-refractivity contribution >= 4 is 17.0 Å². The Morgan fingerprint density at radius 1 is 1.24 bits per heavy atom. The zero-order chi connectivity index (χ0) is 18.1. The summed E-state index contributed by atoms with van der Waals surface area (Å²) >= 11 is 0. The highest BCUT2D eigenvalue weighted by Gasteiger charge is 2.16. The van der Waals surface area contributed by atoms with Gasteiger partial charge in [-0.3, -0.25) is 4.98 Å². The topological polar surface area (TPSA) is 99.1 Å². The number of hydrogen-bond acceptors (Lipinski definition) is 6. The molecule has 132 valence electrons. The van der Waals surface area contributed by atoms with Crippen LogP contribution in [-0.4, -0.2) is 38.3 Å². The first-order valence-corrected chi connectivity index (χ1v) is 8.18. The monoisotopic (exact) mass is 341 g/mol. The van der Waals surface area contributed by atoms with Crippen LogP contribution in [-0.2, 0) is 13.0 Å². The maximum absolute atomic E-state index is 9.36. The molecule has 0 spiro atoms. The number of ether oxygens (including phenoxy) is 1. The lowest BCUT2D eigenvalue weighted by molar-refractivity contribution is 0.300. The Balaban J connectivity index is 2.14. The van der Waals surface area contributed by atoms with Gasteiger partial charge in [-0.2, -0.15) is 4.98 Å². The van der Waals surface area contributed by atoms with E-state index in [0.29, 0.717) is 13.0 Å². The van der Waals surface area contributed by atoms with Crippen molar-refractivity contribution in [2.45, 2.75) is 33.7 Å². The summed E-state index contributed by atoms with van der Waals surface area (Å²) in [6.45, 7) is 6.50. The van der Waals surface area contributed by atoms with Crippen molar-refractivity contribution in [1.29, 1.82) is 0 Å². The lowest BCUT2D eigenvalue weighted by Gasteiger charge is -2.13. The first-order valence-electron chi connectivity index (χ1n) is 8.18. The van der Waals surface area contributed by atoms with Gasteiger partial charge in [0, 0.05) is 35.5 Å². The average molecular weight is 341 g/mol. The van der Waals surface area contributed by atoms with Gasteiger partial charge in [-0.1, -0.05) is 0 Å². The molecule has 0 unspecified atom stereocenters. The Bertz CT molecular complexity index is 933. The summed E-state index contributed by atoms with van der Waals surface area (Å²) in [7, 11) is 1.67. The van der Waals surface area contributed by atoms with Gasteiger partial charge in [0.2, 0.25) is 5.95 Å². The van der Waals surface area contributed by atoms with Crippen molar-refractivity contribution in [3.05, 3.63) is 40.5 Å². The summed E-state index contributed by atoms with van der Waals surface area (Å²) in [4.78, 5) is 13.2. The third kappa shape index (κ3) is 3.02. The fraction of sp³-hybridized carbons (Fsp3) is 0.389. The highest BCUT2D eigenvalue weighted by atomic mass is 16.5. The number of fused-ring (bicyclic) bond motifs is 1. The van der Waals surface area contributed by atoms with Gasteiger partial charge in [0.1, 0.15) is 11.4 Å². The molecule has 7 nitrogen and oxygen atoms in total. The molecule has 3 aromatic heterocycles. The summed E-state index contributed by atoms with van der Waals surface area (Å²) < 4.78 is 7.51. The van der Waals surface area contributed by atoms with E-state index >= 15 is 0 Å². The molecule has 0 amide bonds. The molecule has 0 saturated heterocycles. The van der Waals surface area contributed by atoms with Crippen molar-refractivity contribution in [2.75, 3.05) is 19.5 Å². The van der Waals surface area contributed by atoms with Crippen LogP contribution in [0.1, 0.15) is 28.1 Å². The van der Waals surface area contributed by atoms with Gasteiger partial charge in [0.05, 0.1) is 25.0 Å². The van der Waals surface area contributed by atoms with Crippen LogP contribution in [0.2, 0.25) is 0 Å². The number of pyridine rings is 1.